The lowest BCUT2D eigenvalue weighted by Gasteiger charge is -2.02. The highest BCUT2D eigenvalue weighted by Crippen LogP contribution is 2.27. The Morgan fingerprint density at radius 2 is 1.70 bits per heavy atom. The van der Waals surface area contributed by atoms with Gasteiger partial charge in [0.2, 0.25) is 0 Å². The molecule has 3 heterocycles. The lowest BCUT2D eigenvalue weighted by atomic mass is 10.2. The van der Waals surface area contributed by atoms with E-state index in [-0.39, 0.29) is 5.91 Å². The van der Waals surface area contributed by atoms with Crippen LogP contribution in [0.5, 0.6) is 0 Å². The standard InChI is InChI=1S/C23H18N4OS2/c1-15-20(30-23-26-19(13-27(15)23)16-8-4-2-5-9-16)21(28)24-12-18-14-29-22(25-18)17-10-6-3-7-11-17/h2-11,13-14H,12H2,1H3,(H,24,28). The second-order valence-corrected chi connectivity index (χ2v) is 8.69. The zero-order valence-electron chi connectivity index (χ0n) is 16.2. The van der Waals surface area contributed by atoms with Crippen LogP contribution in [0.25, 0.3) is 26.8 Å². The molecular weight excluding hydrogens is 412 g/mol. The molecule has 0 spiro atoms. The molecular formula is C23H18N4OS2. The number of carbonyl (C=O) groups is 1. The summed E-state index contributed by atoms with van der Waals surface area (Å²) in [5.74, 6) is -0.0986. The number of amides is 1. The van der Waals surface area contributed by atoms with Crippen molar-refractivity contribution in [2.24, 2.45) is 0 Å². The van der Waals surface area contributed by atoms with E-state index < -0.39 is 0 Å². The molecule has 0 unspecified atom stereocenters. The lowest BCUT2D eigenvalue weighted by molar-refractivity contribution is 0.0953. The summed E-state index contributed by atoms with van der Waals surface area (Å²) < 4.78 is 1.98. The van der Waals surface area contributed by atoms with Gasteiger partial charge in [-0.15, -0.1) is 11.3 Å². The maximum Gasteiger partial charge on any atom is 0.263 e. The van der Waals surface area contributed by atoms with Gasteiger partial charge in [0.1, 0.15) is 9.88 Å². The largest absolute Gasteiger partial charge is 0.346 e. The van der Waals surface area contributed by atoms with Crippen molar-refractivity contribution in [2.45, 2.75) is 13.5 Å². The van der Waals surface area contributed by atoms with Gasteiger partial charge in [0, 0.05) is 28.4 Å². The molecule has 0 fully saturated rings. The summed E-state index contributed by atoms with van der Waals surface area (Å²) in [4.78, 5) is 23.6. The fraction of sp³-hybridized carbons (Fsp3) is 0.0870. The molecule has 5 nitrogen and oxygen atoms in total. The Bertz CT molecular complexity index is 1320. The van der Waals surface area contributed by atoms with Crippen molar-refractivity contribution in [2.75, 3.05) is 0 Å². The van der Waals surface area contributed by atoms with E-state index in [0.717, 1.165) is 38.2 Å². The molecule has 1 amide bonds. The van der Waals surface area contributed by atoms with Crippen LogP contribution in [0.1, 0.15) is 21.1 Å². The molecule has 7 heteroatoms. The van der Waals surface area contributed by atoms with Crippen LogP contribution in [0.2, 0.25) is 0 Å². The van der Waals surface area contributed by atoms with E-state index in [9.17, 15) is 4.79 Å². The van der Waals surface area contributed by atoms with E-state index in [0.29, 0.717) is 11.4 Å². The van der Waals surface area contributed by atoms with Gasteiger partial charge < -0.3 is 5.32 Å². The number of aromatic nitrogens is 3. The number of hydrogen-bond acceptors (Lipinski definition) is 5. The van der Waals surface area contributed by atoms with E-state index >= 15 is 0 Å². The molecule has 0 aliphatic heterocycles. The number of thiazole rings is 2. The van der Waals surface area contributed by atoms with Crippen molar-refractivity contribution in [3.05, 3.63) is 88.5 Å². The van der Waals surface area contributed by atoms with Crippen LogP contribution in [0.15, 0.2) is 72.2 Å². The zero-order chi connectivity index (χ0) is 20.5. The molecule has 0 bridgehead atoms. The van der Waals surface area contributed by atoms with E-state index in [2.05, 4.69) is 10.3 Å². The monoisotopic (exact) mass is 430 g/mol. The van der Waals surface area contributed by atoms with E-state index in [1.807, 2.05) is 83.6 Å². The van der Waals surface area contributed by atoms with Crippen LogP contribution in [-0.4, -0.2) is 20.3 Å². The number of nitrogens with zero attached hydrogens (tertiary/aromatic N) is 3. The van der Waals surface area contributed by atoms with E-state index in [1.165, 1.54) is 11.3 Å². The molecule has 0 atom stereocenters. The van der Waals surface area contributed by atoms with Gasteiger partial charge >= 0.3 is 0 Å². The molecule has 0 radical (unpaired) electrons. The zero-order valence-corrected chi connectivity index (χ0v) is 17.8. The van der Waals surface area contributed by atoms with Crippen molar-refractivity contribution >= 4 is 33.5 Å². The molecule has 0 saturated heterocycles. The number of benzene rings is 2. The number of fused-ring (bicyclic) bond motifs is 1. The third kappa shape index (κ3) is 3.53. The third-order valence-electron chi connectivity index (χ3n) is 4.84. The van der Waals surface area contributed by atoms with E-state index in [1.54, 1.807) is 11.3 Å². The average Bonchev–Trinajstić information content (AvgIpc) is 3.50. The predicted molar refractivity (Wildman–Crippen MR) is 122 cm³/mol. The Balaban J connectivity index is 1.31. The first-order valence-corrected chi connectivity index (χ1v) is 11.2. The fourth-order valence-corrected chi connectivity index (χ4v) is 5.11. The van der Waals surface area contributed by atoms with Crippen molar-refractivity contribution in [3.8, 4) is 21.8 Å². The van der Waals surface area contributed by atoms with Crippen molar-refractivity contribution in [3.63, 3.8) is 0 Å². The van der Waals surface area contributed by atoms with Crippen molar-refractivity contribution in [1.29, 1.82) is 0 Å². The Kier molecular flexibility index (Phi) is 4.90. The summed E-state index contributed by atoms with van der Waals surface area (Å²) in [6, 6.07) is 20.1. The SMILES string of the molecule is Cc1c(C(=O)NCc2csc(-c3ccccc3)n2)sc2nc(-c3ccccc3)cn12. The summed E-state index contributed by atoms with van der Waals surface area (Å²) in [6.45, 7) is 2.35. The first kappa shape index (κ1) is 18.7. The third-order valence-corrected chi connectivity index (χ3v) is 6.93. The first-order valence-electron chi connectivity index (χ1n) is 9.51. The number of rotatable bonds is 5. The van der Waals surface area contributed by atoms with Gasteiger partial charge in [-0.25, -0.2) is 9.97 Å². The second kappa shape index (κ2) is 7.85. The van der Waals surface area contributed by atoms with Crippen molar-refractivity contribution < 1.29 is 4.79 Å². The normalized spacial score (nSPS) is 11.1. The van der Waals surface area contributed by atoms with Crippen LogP contribution < -0.4 is 5.32 Å². The molecule has 5 rings (SSSR count). The van der Waals surface area contributed by atoms with Crippen LogP contribution in [0, 0.1) is 6.92 Å². The molecule has 5 aromatic rings. The number of aryl methyl sites for hydroxylation is 1. The Morgan fingerprint density at radius 1 is 1.00 bits per heavy atom. The second-order valence-electron chi connectivity index (χ2n) is 6.85. The Hall–Kier alpha value is -3.29. The molecule has 0 saturated carbocycles. The van der Waals surface area contributed by atoms with E-state index in [4.69, 9.17) is 4.98 Å². The maximum absolute atomic E-state index is 12.8. The van der Waals surface area contributed by atoms with Gasteiger partial charge in [-0.3, -0.25) is 9.20 Å². The Labute approximate surface area is 181 Å². The minimum Gasteiger partial charge on any atom is -0.346 e. The van der Waals surface area contributed by atoms with Gasteiger partial charge in [0.15, 0.2) is 4.96 Å². The predicted octanol–water partition coefficient (Wildman–Crippen LogP) is 5.42. The van der Waals surface area contributed by atoms with Gasteiger partial charge in [-0.1, -0.05) is 72.0 Å². The number of nitrogens with one attached hydrogen (secondary N) is 1. The van der Waals surface area contributed by atoms with Gasteiger partial charge in [0.25, 0.3) is 5.91 Å². The number of hydrogen-bond donors (Lipinski definition) is 1. The van der Waals surface area contributed by atoms with Gasteiger partial charge in [-0.2, -0.15) is 0 Å². The maximum atomic E-state index is 12.8. The summed E-state index contributed by atoms with van der Waals surface area (Å²) in [7, 11) is 0. The molecule has 30 heavy (non-hydrogen) atoms. The first-order chi connectivity index (χ1) is 14.7. The quantitative estimate of drug-likeness (QED) is 0.405. The number of carbonyl (C=O) groups excluding carboxylic acids is 1. The topological polar surface area (TPSA) is 59.3 Å². The van der Waals surface area contributed by atoms with Crippen LogP contribution >= 0.6 is 22.7 Å². The molecule has 0 aliphatic rings. The summed E-state index contributed by atoms with van der Waals surface area (Å²) in [6.07, 6.45) is 1.99. The Morgan fingerprint density at radius 3 is 2.40 bits per heavy atom. The molecule has 148 valence electrons. The number of imidazole rings is 1. The van der Waals surface area contributed by atoms with Crippen LogP contribution in [0.4, 0.5) is 0 Å². The minimum atomic E-state index is -0.0986. The molecule has 3 aromatic heterocycles. The summed E-state index contributed by atoms with van der Waals surface area (Å²) >= 11 is 2.99. The molecule has 0 aliphatic carbocycles. The average molecular weight is 431 g/mol. The highest BCUT2D eigenvalue weighted by Gasteiger charge is 2.18. The lowest BCUT2D eigenvalue weighted by Crippen LogP contribution is -2.22. The highest BCUT2D eigenvalue weighted by atomic mass is 32.1. The van der Waals surface area contributed by atoms with Crippen LogP contribution in [0.3, 0.4) is 0 Å². The van der Waals surface area contributed by atoms with Gasteiger partial charge in [-0.05, 0) is 6.92 Å². The molecule has 1 N–H and O–H groups in total. The van der Waals surface area contributed by atoms with Gasteiger partial charge in [0.05, 0.1) is 17.9 Å². The minimum absolute atomic E-state index is 0.0986. The fourth-order valence-electron chi connectivity index (χ4n) is 3.26. The van der Waals surface area contributed by atoms with Crippen LogP contribution in [-0.2, 0) is 6.54 Å². The highest BCUT2D eigenvalue weighted by molar-refractivity contribution is 7.19. The molecule has 2 aromatic carbocycles. The summed E-state index contributed by atoms with van der Waals surface area (Å²) in [5, 5.41) is 5.94. The van der Waals surface area contributed by atoms with Crippen molar-refractivity contribution in [1.82, 2.24) is 19.7 Å². The summed E-state index contributed by atoms with van der Waals surface area (Å²) in [5.41, 5.74) is 4.82. The smallest absolute Gasteiger partial charge is 0.263 e.